The van der Waals surface area contributed by atoms with Gasteiger partial charge in [0.2, 0.25) is 5.91 Å². The summed E-state index contributed by atoms with van der Waals surface area (Å²) in [5.41, 5.74) is 2.69. The maximum absolute atomic E-state index is 13.4. The van der Waals surface area contributed by atoms with Crippen molar-refractivity contribution in [3.8, 4) is 0 Å². The Morgan fingerprint density at radius 3 is 2.37 bits per heavy atom. The number of hydrogen-bond donors (Lipinski definition) is 0. The lowest BCUT2D eigenvalue weighted by Crippen LogP contribution is -2.37. The van der Waals surface area contributed by atoms with Crippen molar-refractivity contribution in [1.29, 1.82) is 0 Å². The van der Waals surface area contributed by atoms with Crippen molar-refractivity contribution in [3.63, 3.8) is 0 Å². The van der Waals surface area contributed by atoms with Crippen LogP contribution in [0.3, 0.4) is 0 Å². The number of para-hydroxylation sites is 1. The fourth-order valence-corrected chi connectivity index (χ4v) is 4.13. The molecule has 2 saturated heterocycles. The van der Waals surface area contributed by atoms with E-state index in [1.54, 1.807) is 17.3 Å². The molecule has 6 nitrogen and oxygen atoms in total. The van der Waals surface area contributed by atoms with Crippen LogP contribution in [0.1, 0.15) is 17.3 Å². The largest absolute Gasteiger partial charge is 0.273 e. The van der Waals surface area contributed by atoms with Crippen molar-refractivity contribution in [2.45, 2.75) is 19.1 Å². The number of fused-ring (bicyclic) bond motifs is 1. The van der Waals surface area contributed by atoms with E-state index >= 15 is 0 Å². The number of hydroxylamine groups is 1. The molecule has 0 aliphatic carbocycles. The molecule has 150 valence electrons. The summed E-state index contributed by atoms with van der Waals surface area (Å²) in [7, 11) is 0. The highest BCUT2D eigenvalue weighted by molar-refractivity contribution is 6.23. The predicted molar refractivity (Wildman–Crippen MR) is 108 cm³/mol. The molecule has 2 aliphatic rings. The van der Waals surface area contributed by atoms with Gasteiger partial charge in [-0.2, -0.15) is 0 Å². The van der Waals surface area contributed by atoms with Crippen LogP contribution in [0.5, 0.6) is 0 Å². The standard InChI is InChI=1S/C23H18FN3O3/c1-14-6-2-3-8-18(14)27-20(17-7-4-5-13-25-17)19-21(30-27)23(29)26(22(19)28)16-11-9-15(24)10-12-16/h2-13,19-21H,1H3/t19-,20-,21-/m1/s1. The van der Waals surface area contributed by atoms with Crippen LogP contribution >= 0.6 is 0 Å². The quantitative estimate of drug-likeness (QED) is 0.626. The third-order valence-electron chi connectivity index (χ3n) is 5.54. The van der Waals surface area contributed by atoms with Crippen LogP contribution in [-0.4, -0.2) is 22.9 Å². The van der Waals surface area contributed by atoms with Crippen LogP contribution in [0, 0.1) is 18.7 Å². The Kier molecular flexibility index (Phi) is 4.33. The molecule has 0 radical (unpaired) electrons. The number of carbonyl (C=O) groups excluding carboxylic acids is 2. The summed E-state index contributed by atoms with van der Waals surface area (Å²) in [6.45, 7) is 1.94. The third-order valence-corrected chi connectivity index (χ3v) is 5.54. The zero-order valence-electron chi connectivity index (χ0n) is 16.1. The zero-order valence-corrected chi connectivity index (χ0v) is 16.1. The molecule has 1 aromatic heterocycles. The third kappa shape index (κ3) is 2.78. The summed E-state index contributed by atoms with van der Waals surface area (Å²) in [6.07, 6.45) is 0.673. The number of rotatable bonds is 3. The Labute approximate surface area is 172 Å². The van der Waals surface area contributed by atoms with Crippen LogP contribution in [0.15, 0.2) is 72.9 Å². The molecule has 0 bridgehead atoms. The number of carbonyl (C=O) groups is 2. The molecular formula is C23H18FN3O3. The lowest BCUT2D eigenvalue weighted by molar-refractivity contribution is -0.126. The van der Waals surface area contributed by atoms with E-state index in [4.69, 9.17) is 4.84 Å². The SMILES string of the molecule is Cc1ccccc1N1O[C@H]2C(=O)N(c3ccc(F)cc3)C(=O)[C@@H]2[C@H]1c1ccccn1. The summed E-state index contributed by atoms with van der Waals surface area (Å²) < 4.78 is 13.3. The summed E-state index contributed by atoms with van der Waals surface area (Å²) in [6, 6.07) is 17.8. The van der Waals surface area contributed by atoms with Gasteiger partial charge >= 0.3 is 0 Å². The first kappa shape index (κ1) is 18.4. The fourth-order valence-electron chi connectivity index (χ4n) is 4.13. The smallest absolute Gasteiger partial charge is 0.266 e. The van der Waals surface area contributed by atoms with Crippen LogP contribution in [-0.2, 0) is 14.4 Å². The Bertz CT molecular complexity index is 1120. The topological polar surface area (TPSA) is 62.7 Å². The van der Waals surface area contributed by atoms with E-state index in [9.17, 15) is 14.0 Å². The molecule has 0 N–H and O–H groups in total. The lowest BCUT2D eigenvalue weighted by atomic mass is 9.93. The second kappa shape index (κ2) is 7.03. The molecule has 3 atom stereocenters. The first-order valence-corrected chi connectivity index (χ1v) is 9.62. The fraction of sp³-hybridized carbons (Fsp3) is 0.174. The Hall–Kier alpha value is -3.58. The van der Waals surface area contributed by atoms with E-state index in [0.717, 1.165) is 16.2 Å². The molecule has 5 rings (SSSR count). The second-order valence-corrected chi connectivity index (χ2v) is 7.35. The van der Waals surface area contributed by atoms with Crippen molar-refractivity contribution in [2.75, 3.05) is 9.96 Å². The van der Waals surface area contributed by atoms with Crippen LogP contribution in [0.2, 0.25) is 0 Å². The van der Waals surface area contributed by atoms with E-state index < -0.39 is 29.8 Å². The summed E-state index contributed by atoms with van der Waals surface area (Å²) in [5, 5.41) is 1.63. The highest BCUT2D eigenvalue weighted by atomic mass is 19.1. The molecule has 3 heterocycles. The molecule has 3 aromatic rings. The van der Waals surface area contributed by atoms with Crippen LogP contribution in [0.4, 0.5) is 15.8 Å². The minimum absolute atomic E-state index is 0.326. The number of imide groups is 1. The maximum Gasteiger partial charge on any atom is 0.266 e. The number of nitrogens with zero attached hydrogens (tertiary/aromatic N) is 3. The summed E-state index contributed by atoms with van der Waals surface area (Å²) in [4.78, 5) is 38.2. The normalized spacial score (nSPS) is 23.2. The average molecular weight is 403 g/mol. The molecule has 7 heteroatoms. The lowest BCUT2D eigenvalue weighted by Gasteiger charge is -2.29. The van der Waals surface area contributed by atoms with Gasteiger partial charge in [-0.3, -0.25) is 19.4 Å². The average Bonchev–Trinajstić information content (AvgIpc) is 3.26. The number of pyridine rings is 1. The van der Waals surface area contributed by atoms with Crippen molar-refractivity contribution in [3.05, 3.63) is 90.0 Å². The Morgan fingerprint density at radius 2 is 1.67 bits per heavy atom. The van der Waals surface area contributed by atoms with Gasteiger partial charge in [0, 0.05) is 6.20 Å². The Balaban J connectivity index is 1.59. The van der Waals surface area contributed by atoms with Gasteiger partial charge in [0.1, 0.15) is 17.8 Å². The predicted octanol–water partition coefficient (Wildman–Crippen LogP) is 3.58. The minimum Gasteiger partial charge on any atom is -0.273 e. The van der Waals surface area contributed by atoms with Gasteiger partial charge in [0.25, 0.3) is 5.91 Å². The van der Waals surface area contributed by atoms with E-state index in [2.05, 4.69) is 4.98 Å². The summed E-state index contributed by atoms with van der Waals surface area (Å²) >= 11 is 0. The number of anilines is 2. The van der Waals surface area contributed by atoms with Gasteiger partial charge in [0.05, 0.1) is 17.1 Å². The molecule has 30 heavy (non-hydrogen) atoms. The van der Waals surface area contributed by atoms with E-state index in [-0.39, 0.29) is 5.91 Å². The summed E-state index contributed by atoms with van der Waals surface area (Å²) in [5.74, 6) is -2.06. The van der Waals surface area contributed by atoms with Gasteiger partial charge < -0.3 is 0 Å². The number of hydrogen-bond acceptors (Lipinski definition) is 5. The number of aromatic nitrogens is 1. The van der Waals surface area contributed by atoms with Crippen molar-refractivity contribution in [2.24, 2.45) is 5.92 Å². The monoisotopic (exact) mass is 403 g/mol. The van der Waals surface area contributed by atoms with E-state index in [1.165, 1.54) is 24.3 Å². The number of benzene rings is 2. The first-order chi connectivity index (χ1) is 14.6. The van der Waals surface area contributed by atoms with Crippen molar-refractivity contribution >= 4 is 23.2 Å². The van der Waals surface area contributed by atoms with Gasteiger partial charge in [-0.25, -0.2) is 14.4 Å². The molecule has 2 amide bonds. The van der Waals surface area contributed by atoms with Gasteiger partial charge in [0.15, 0.2) is 6.10 Å². The zero-order chi connectivity index (χ0) is 20.8. The Morgan fingerprint density at radius 1 is 0.933 bits per heavy atom. The van der Waals surface area contributed by atoms with E-state index in [0.29, 0.717) is 11.4 Å². The number of amides is 2. The van der Waals surface area contributed by atoms with Gasteiger partial charge in [-0.1, -0.05) is 24.3 Å². The minimum atomic E-state index is -0.978. The molecular weight excluding hydrogens is 385 g/mol. The molecule has 2 aliphatic heterocycles. The van der Waals surface area contributed by atoms with Gasteiger partial charge in [-0.15, -0.1) is 0 Å². The first-order valence-electron chi connectivity index (χ1n) is 9.62. The maximum atomic E-state index is 13.4. The van der Waals surface area contributed by atoms with E-state index in [1.807, 2.05) is 43.3 Å². The van der Waals surface area contributed by atoms with Crippen molar-refractivity contribution in [1.82, 2.24) is 4.98 Å². The van der Waals surface area contributed by atoms with Gasteiger partial charge in [-0.05, 0) is 55.0 Å². The number of aryl methyl sites for hydroxylation is 1. The highest BCUT2D eigenvalue weighted by Gasteiger charge is 2.60. The molecule has 2 fully saturated rings. The number of halogens is 1. The second-order valence-electron chi connectivity index (χ2n) is 7.35. The molecule has 0 saturated carbocycles. The van der Waals surface area contributed by atoms with Crippen molar-refractivity contribution < 1.29 is 18.8 Å². The molecule has 2 aromatic carbocycles. The highest BCUT2D eigenvalue weighted by Crippen LogP contribution is 2.47. The molecule has 0 unspecified atom stereocenters. The van der Waals surface area contributed by atoms with Crippen LogP contribution in [0.25, 0.3) is 0 Å². The van der Waals surface area contributed by atoms with Crippen LogP contribution < -0.4 is 9.96 Å². The molecule has 0 spiro atoms.